The Morgan fingerprint density at radius 2 is 2.42 bits per heavy atom. The van der Waals surface area contributed by atoms with E-state index in [2.05, 4.69) is 37.8 Å². The van der Waals surface area contributed by atoms with E-state index in [1.54, 1.807) is 0 Å². The summed E-state index contributed by atoms with van der Waals surface area (Å²) >= 11 is 3.25. The molecule has 0 saturated heterocycles. The first-order valence-electron chi connectivity index (χ1n) is 3.54. The van der Waals surface area contributed by atoms with Crippen LogP contribution in [0.4, 0.5) is 5.82 Å². The highest BCUT2D eigenvalue weighted by molar-refractivity contribution is 9.11. The first-order chi connectivity index (χ1) is 5.68. The van der Waals surface area contributed by atoms with E-state index in [0.717, 1.165) is 16.0 Å². The lowest BCUT2D eigenvalue weighted by Crippen LogP contribution is -2.02. The summed E-state index contributed by atoms with van der Waals surface area (Å²) in [6, 6.07) is 1.88. The van der Waals surface area contributed by atoms with Gasteiger partial charge in [-0.1, -0.05) is 22.5 Å². The van der Waals surface area contributed by atoms with Gasteiger partial charge in [0.25, 0.3) is 0 Å². The third kappa shape index (κ3) is 3.00. The molecule has 1 heterocycles. The minimum Gasteiger partial charge on any atom is -0.365 e. The van der Waals surface area contributed by atoms with E-state index in [1.807, 2.05) is 13.0 Å². The van der Waals surface area contributed by atoms with Gasteiger partial charge in [0.1, 0.15) is 12.1 Å². The fourth-order valence-electron chi connectivity index (χ4n) is 0.738. The van der Waals surface area contributed by atoms with Crippen LogP contribution in [0.25, 0.3) is 0 Å². The van der Waals surface area contributed by atoms with Gasteiger partial charge in [0.15, 0.2) is 0 Å². The lowest BCUT2D eigenvalue weighted by Gasteiger charge is -2.03. The summed E-state index contributed by atoms with van der Waals surface area (Å²) in [5.74, 6) is 0.822. The quantitative estimate of drug-likeness (QED) is 0.860. The van der Waals surface area contributed by atoms with Gasteiger partial charge in [0.2, 0.25) is 0 Å². The summed E-state index contributed by atoms with van der Waals surface area (Å²) in [6.45, 7) is 6.31. The molecule has 0 fully saturated rings. The van der Waals surface area contributed by atoms with Crippen molar-refractivity contribution in [1.29, 1.82) is 0 Å². The Hall–Kier alpha value is -0.900. The minimum atomic E-state index is 0.677. The summed E-state index contributed by atoms with van der Waals surface area (Å²) in [7, 11) is 0. The van der Waals surface area contributed by atoms with E-state index in [-0.39, 0.29) is 0 Å². The van der Waals surface area contributed by atoms with E-state index < -0.39 is 0 Å². The summed E-state index contributed by atoms with van der Waals surface area (Å²) < 4.78 is 0.902. The second-order valence-electron chi connectivity index (χ2n) is 2.42. The average Bonchev–Trinajstić information content (AvgIpc) is 2.01. The predicted molar refractivity (Wildman–Crippen MR) is 53.3 cm³/mol. The van der Waals surface area contributed by atoms with Crippen LogP contribution in [0.3, 0.4) is 0 Å². The Morgan fingerprint density at radius 1 is 1.67 bits per heavy atom. The van der Waals surface area contributed by atoms with Gasteiger partial charge >= 0.3 is 0 Å². The number of nitrogens with one attached hydrogen (secondary N) is 1. The van der Waals surface area contributed by atoms with E-state index in [4.69, 9.17) is 0 Å². The van der Waals surface area contributed by atoms with Crippen LogP contribution in [0.5, 0.6) is 0 Å². The Morgan fingerprint density at radius 3 is 3.00 bits per heavy atom. The zero-order valence-electron chi connectivity index (χ0n) is 6.84. The molecule has 3 nitrogen and oxygen atoms in total. The molecule has 0 aliphatic rings. The van der Waals surface area contributed by atoms with Crippen LogP contribution >= 0.6 is 15.9 Å². The van der Waals surface area contributed by atoms with Gasteiger partial charge in [0, 0.05) is 22.8 Å². The maximum absolute atomic E-state index is 4.03. The molecule has 0 radical (unpaired) electrons. The highest BCUT2D eigenvalue weighted by atomic mass is 79.9. The van der Waals surface area contributed by atoms with Crippen molar-refractivity contribution in [1.82, 2.24) is 9.97 Å². The molecule has 1 aromatic heterocycles. The third-order valence-electron chi connectivity index (χ3n) is 1.27. The second-order valence-corrected chi connectivity index (χ2v) is 3.54. The summed E-state index contributed by atoms with van der Waals surface area (Å²) in [5.41, 5.74) is 0.952. The molecule has 1 rings (SSSR count). The number of hydrogen-bond acceptors (Lipinski definition) is 3. The van der Waals surface area contributed by atoms with Crippen LogP contribution < -0.4 is 5.32 Å². The smallest absolute Gasteiger partial charge is 0.129 e. The van der Waals surface area contributed by atoms with Crippen molar-refractivity contribution in [2.45, 2.75) is 6.92 Å². The van der Waals surface area contributed by atoms with E-state index in [9.17, 15) is 0 Å². The maximum Gasteiger partial charge on any atom is 0.129 e. The zero-order chi connectivity index (χ0) is 8.97. The highest BCUT2D eigenvalue weighted by Crippen LogP contribution is 2.05. The van der Waals surface area contributed by atoms with Crippen LogP contribution in [-0.2, 0) is 0 Å². The van der Waals surface area contributed by atoms with E-state index in [1.165, 1.54) is 6.33 Å². The Labute approximate surface area is 80.1 Å². The van der Waals surface area contributed by atoms with Crippen molar-refractivity contribution in [2.24, 2.45) is 0 Å². The fraction of sp³-hybridized carbons (Fsp3) is 0.250. The molecule has 0 amide bonds. The number of hydrogen-bond donors (Lipinski definition) is 1. The average molecular weight is 228 g/mol. The van der Waals surface area contributed by atoms with Crippen molar-refractivity contribution in [2.75, 3.05) is 11.9 Å². The van der Waals surface area contributed by atoms with Gasteiger partial charge in [-0.2, -0.15) is 0 Å². The van der Waals surface area contributed by atoms with Gasteiger partial charge in [-0.05, 0) is 6.92 Å². The molecule has 0 saturated carbocycles. The lowest BCUT2D eigenvalue weighted by molar-refractivity contribution is 1.09. The predicted octanol–water partition coefficient (Wildman–Crippen LogP) is 2.11. The molecule has 0 spiro atoms. The van der Waals surface area contributed by atoms with Gasteiger partial charge in [-0.3, -0.25) is 0 Å². The third-order valence-corrected chi connectivity index (χ3v) is 1.55. The van der Waals surface area contributed by atoms with E-state index >= 15 is 0 Å². The molecule has 1 aromatic rings. The molecule has 12 heavy (non-hydrogen) atoms. The Bertz CT molecular complexity index is 285. The van der Waals surface area contributed by atoms with Crippen LogP contribution in [0.15, 0.2) is 23.5 Å². The van der Waals surface area contributed by atoms with E-state index in [0.29, 0.717) is 6.54 Å². The van der Waals surface area contributed by atoms with Crippen molar-refractivity contribution >= 4 is 21.7 Å². The van der Waals surface area contributed by atoms with Crippen molar-refractivity contribution in [3.63, 3.8) is 0 Å². The lowest BCUT2D eigenvalue weighted by atomic mass is 10.4. The molecule has 0 bridgehead atoms. The topological polar surface area (TPSA) is 37.8 Å². The van der Waals surface area contributed by atoms with Gasteiger partial charge < -0.3 is 5.32 Å². The summed E-state index contributed by atoms with van der Waals surface area (Å²) in [6.07, 6.45) is 1.54. The maximum atomic E-state index is 4.03. The standard InChI is InChI=1S/C8H10BrN3/c1-6(9)4-10-8-3-7(2)11-5-12-8/h3,5H,1,4H2,2H3,(H,10,11,12). The highest BCUT2D eigenvalue weighted by Gasteiger charge is 1.93. The van der Waals surface area contributed by atoms with Crippen molar-refractivity contribution in [3.05, 3.63) is 29.1 Å². The monoisotopic (exact) mass is 227 g/mol. The molecule has 1 N–H and O–H groups in total. The first kappa shape index (κ1) is 9.19. The number of rotatable bonds is 3. The summed E-state index contributed by atoms with van der Waals surface area (Å²) in [5, 5.41) is 3.09. The largest absolute Gasteiger partial charge is 0.365 e. The van der Waals surface area contributed by atoms with Crippen LogP contribution in [-0.4, -0.2) is 16.5 Å². The Balaban J connectivity index is 2.57. The van der Waals surface area contributed by atoms with Gasteiger partial charge in [-0.15, -0.1) is 0 Å². The van der Waals surface area contributed by atoms with Crippen molar-refractivity contribution < 1.29 is 0 Å². The first-order valence-corrected chi connectivity index (χ1v) is 4.33. The van der Waals surface area contributed by atoms with Gasteiger partial charge in [-0.25, -0.2) is 9.97 Å². The SMILES string of the molecule is C=C(Br)CNc1cc(C)ncn1. The molecule has 0 unspecified atom stereocenters. The molecule has 4 heteroatoms. The molecule has 0 aliphatic carbocycles. The molecule has 0 atom stereocenters. The molecular formula is C8H10BrN3. The number of aromatic nitrogens is 2. The fourth-order valence-corrected chi connectivity index (χ4v) is 0.878. The van der Waals surface area contributed by atoms with Gasteiger partial charge in [0.05, 0.1) is 0 Å². The minimum absolute atomic E-state index is 0.677. The molecule has 64 valence electrons. The number of aryl methyl sites for hydroxylation is 1. The zero-order valence-corrected chi connectivity index (χ0v) is 8.43. The van der Waals surface area contributed by atoms with Crippen LogP contribution in [0.2, 0.25) is 0 Å². The number of anilines is 1. The number of nitrogens with zero attached hydrogens (tertiary/aromatic N) is 2. The van der Waals surface area contributed by atoms with Crippen molar-refractivity contribution in [3.8, 4) is 0 Å². The molecule has 0 aliphatic heterocycles. The van der Waals surface area contributed by atoms with Crippen LogP contribution in [0.1, 0.15) is 5.69 Å². The summed E-state index contributed by atoms with van der Waals surface area (Å²) in [4.78, 5) is 8.01. The molecular weight excluding hydrogens is 218 g/mol. The normalized spacial score (nSPS) is 9.50. The second kappa shape index (κ2) is 4.21. The molecule has 0 aromatic carbocycles. The number of halogens is 1. The van der Waals surface area contributed by atoms with Crippen LogP contribution in [0, 0.1) is 6.92 Å². The Kier molecular flexibility index (Phi) is 3.22.